The molecule has 0 unspecified atom stereocenters. The average molecular weight is 235 g/mol. The molecule has 0 amide bonds. The van der Waals surface area contributed by atoms with Gasteiger partial charge in [-0.2, -0.15) is 0 Å². The number of nitrogens with one attached hydrogen (secondary N) is 1. The fraction of sp³-hybridized carbons (Fsp3) is 0.571. The number of benzene rings is 1. The van der Waals surface area contributed by atoms with Crippen molar-refractivity contribution in [1.82, 2.24) is 5.32 Å². The standard InChI is InChI=1S/C14H21NO2/c16-12-14(6-7-14)11-15-8-9-17-10-13-4-2-1-3-5-13/h1-5,15-16H,6-12H2. The van der Waals surface area contributed by atoms with Crippen LogP contribution in [-0.4, -0.2) is 31.4 Å². The Balaban J connectivity index is 1.50. The largest absolute Gasteiger partial charge is 0.396 e. The van der Waals surface area contributed by atoms with E-state index in [1.165, 1.54) is 5.56 Å². The van der Waals surface area contributed by atoms with Gasteiger partial charge in [0.05, 0.1) is 13.2 Å². The SMILES string of the molecule is OCC1(CNCCOCc2ccccc2)CC1. The molecule has 0 radical (unpaired) electrons. The van der Waals surface area contributed by atoms with E-state index in [0.29, 0.717) is 13.2 Å². The third-order valence-electron chi connectivity index (χ3n) is 3.33. The van der Waals surface area contributed by atoms with Crippen LogP contribution in [0.5, 0.6) is 0 Å². The van der Waals surface area contributed by atoms with Gasteiger partial charge in [-0.15, -0.1) is 0 Å². The van der Waals surface area contributed by atoms with E-state index in [2.05, 4.69) is 17.4 Å². The normalized spacial score (nSPS) is 17.0. The first-order valence-electron chi connectivity index (χ1n) is 6.28. The zero-order chi connectivity index (χ0) is 12.0. The minimum Gasteiger partial charge on any atom is -0.396 e. The van der Waals surface area contributed by atoms with Crippen LogP contribution in [0.15, 0.2) is 30.3 Å². The quantitative estimate of drug-likeness (QED) is 0.672. The Morgan fingerprint density at radius 3 is 2.65 bits per heavy atom. The first-order valence-corrected chi connectivity index (χ1v) is 6.28. The maximum absolute atomic E-state index is 9.14. The lowest BCUT2D eigenvalue weighted by Crippen LogP contribution is -2.29. The number of hydrogen-bond donors (Lipinski definition) is 2. The summed E-state index contributed by atoms with van der Waals surface area (Å²) < 4.78 is 5.56. The number of aliphatic hydroxyl groups excluding tert-OH is 1. The zero-order valence-electron chi connectivity index (χ0n) is 10.2. The highest BCUT2D eigenvalue weighted by molar-refractivity contribution is 5.13. The van der Waals surface area contributed by atoms with Crippen LogP contribution < -0.4 is 5.32 Å². The summed E-state index contributed by atoms with van der Waals surface area (Å²) in [4.78, 5) is 0. The lowest BCUT2D eigenvalue weighted by atomic mass is 10.1. The van der Waals surface area contributed by atoms with E-state index >= 15 is 0 Å². The minimum atomic E-state index is 0.194. The van der Waals surface area contributed by atoms with E-state index in [9.17, 15) is 0 Å². The summed E-state index contributed by atoms with van der Waals surface area (Å²) in [7, 11) is 0. The third-order valence-corrected chi connectivity index (χ3v) is 3.33. The van der Waals surface area contributed by atoms with Gasteiger partial charge in [0.1, 0.15) is 0 Å². The smallest absolute Gasteiger partial charge is 0.0717 e. The van der Waals surface area contributed by atoms with Gasteiger partial charge in [0.25, 0.3) is 0 Å². The Kier molecular flexibility index (Phi) is 4.54. The fourth-order valence-electron chi connectivity index (χ4n) is 1.83. The van der Waals surface area contributed by atoms with E-state index in [1.54, 1.807) is 0 Å². The summed E-state index contributed by atoms with van der Waals surface area (Å²) in [5.41, 5.74) is 1.40. The van der Waals surface area contributed by atoms with Crippen LogP contribution in [0.4, 0.5) is 0 Å². The van der Waals surface area contributed by atoms with Gasteiger partial charge in [0, 0.05) is 25.1 Å². The first kappa shape index (κ1) is 12.6. The highest BCUT2D eigenvalue weighted by atomic mass is 16.5. The van der Waals surface area contributed by atoms with Gasteiger partial charge in [0.15, 0.2) is 0 Å². The van der Waals surface area contributed by atoms with E-state index < -0.39 is 0 Å². The molecular formula is C14H21NO2. The van der Waals surface area contributed by atoms with Crippen LogP contribution in [0.2, 0.25) is 0 Å². The van der Waals surface area contributed by atoms with Crippen LogP contribution in [-0.2, 0) is 11.3 Å². The van der Waals surface area contributed by atoms with Crippen molar-refractivity contribution in [1.29, 1.82) is 0 Å². The molecule has 0 spiro atoms. The average Bonchev–Trinajstić information content (AvgIpc) is 3.16. The Labute approximate surface area is 103 Å². The van der Waals surface area contributed by atoms with Crippen LogP contribution in [0.3, 0.4) is 0 Å². The predicted molar refractivity (Wildman–Crippen MR) is 67.7 cm³/mol. The molecule has 3 nitrogen and oxygen atoms in total. The Hall–Kier alpha value is -0.900. The molecule has 0 bridgehead atoms. The van der Waals surface area contributed by atoms with Crippen molar-refractivity contribution in [3.05, 3.63) is 35.9 Å². The molecule has 94 valence electrons. The molecule has 1 aromatic rings. The second-order valence-corrected chi connectivity index (χ2v) is 4.87. The summed E-state index contributed by atoms with van der Waals surface area (Å²) in [6.45, 7) is 3.47. The molecule has 1 aromatic carbocycles. The molecule has 3 heteroatoms. The van der Waals surface area contributed by atoms with Crippen LogP contribution in [0, 0.1) is 5.41 Å². The fourth-order valence-corrected chi connectivity index (χ4v) is 1.83. The van der Waals surface area contributed by atoms with Gasteiger partial charge in [0.2, 0.25) is 0 Å². The first-order chi connectivity index (χ1) is 8.35. The van der Waals surface area contributed by atoms with Crippen molar-refractivity contribution in [2.45, 2.75) is 19.4 Å². The van der Waals surface area contributed by atoms with E-state index in [4.69, 9.17) is 9.84 Å². The van der Waals surface area contributed by atoms with Crippen molar-refractivity contribution < 1.29 is 9.84 Å². The summed E-state index contributed by atoms with van der Waals surface area (Å²) in [6, 6.07) is 10.2. The maximum Gasteiger partial charge on any atom is 0.0717 e. The Bertz CT molecular complexity index is 322. The number of aliphatic hydroxyl groups is 1. The third kappa shape index (κ3) is 4.11. The van der Waals surface area contributed by atoms with E-state index in [-0.39, 0.29) is 5.41 Å². The second kappa shape index (κ2) is 6.15. The number of ether oxygens (including phenoxy) is 1. The Morgan fingerprint density at radius 2 is 2.00 bits per heavy atom. The highest BCUT2D eigenvalue weighted by Crippen LogP contribution is 2.44. The number of hydrogen-bond acceptors (Lipinski definition) is 3. The molecule has 2 N–H and O–H groups in total. The lowest BCUT2D eigenvalue weighted by Gasteiger charge is -2.12. The molecule has 1 aliphatic carbocycles. The number of rotatable bonds is 8. The lowest BCUT2D eigenvalue weighted by molar-refractivity contribution is 0.120. The van der Waals surface area contributed by atoms with E-state index in [0.717, 1.165) is 32.5 Å². The monoisotopic (exact) mass is 235 g/mol. The van der Waals surface area contributed by atoms with Gasteiger partial charge in [-0.3, -0.25) is 0 Å². The van der Waals surface area contributed by atoms with Crippen LogP contribution >= 0.6 is 0 Å². The molecule has 17 heavy (non-hydrogen) atoms. The second-order valence-electron chi connectivity index (χ2n) is 4.87. The predicted octanol–water partition coefficient (Wildman–Crippen LogP) is 1.57. The maximum atomic E-state index is 9.14. The van der Waals surface area contributed by atoms with Crippen molar-refractivity contribution in [3.8, 4) is 0 Å². The molecule has 2 rings (SSSR count). The summed E-state index contributed by atoms with van der Waals surface area (Å²) in [6.07, 6.45) is 2.31. The molecular weight excluding hydrogens is 214 g/mol. The van der Waals surface area contributed by atoms with Gasteiger partial charge in [-0.25, -0.2) is 0 Å². The minimum absolute atomic E-state index is 0.194. The van der Waals surface area contributed by atoms with Crippen molar-refractivity contribution in [2.75, 3.05) is 26.3 Å². The van der Waals surface area contributed by atoms with Crippen molar-refractivity contribution >= 4 is 0 Å². The highest BCUT2D eigenvalue weighted by Gasteiger charge is 2.41. The topological polar surface area (TPSA) is 41.5 Å². The van der Waals surface area contributed by atoms with Crippen molar-refractivity contribution in [3.63, 3.8) is 0 Å². The van der Waals surface area contributed by atoms with Crippen molar-refractivity contribution in [2.24, 2.45) is 5.41 Å². The van der Waals surface area contributed by atoms with Gasteiger partial charge in [-0.1, -0.05) is 30.3 Å². The molecule has 0 aromatic heterocycles. The molecule has 0 heterocycles. The summed E-state index contributed by atoms with van der Waals surface area (Å²) >= 11 is 0. The van der Waals surface area contributed by atoms with Gasteiger partial charge < -0.3 is 15.2 Å². The Morgan fingerprint density at radius 1 is 1.24 bits per heavy atom. The molecule has 1 aliphatic rings. The summed E-state index contributed by atoms with van der Waals surface area (Å²) in [5.74, 6) is 0. The zero-order valence-corrected chi connectivity index (χ0v) is 10.2. The molecule has 1 saturated carbocycles. The van der Waals surface area contributed by atoms with Gasteiger partial charge in [-0.05, 0) is 18.4 Å². The molecule has 1 fully saturated rings. The van der Waals surface area contributed by atoms with Crippen LogP contribution in [0.25, 0.3) is 0 Å². The van der Waals surface area contributed by atoms with Crippen LogP contribution in [0.1, 0.15) is 18.4 Å². The molecule has 0 aliphatic heterocycles. The summed E-state index contributed by atoms with van der Waals surface area (Å²) in [5, 5.41) is 12.5. The molecule has 0 saturated heterocycles. The van der Waals surface area contributed by atoms with Gasteiger partial charge >= 0.3 is 0 Å². The molecule has 0 atom stereocenters. The van der Waals surface area contributed by atoms with E-state index in [1.807, 2.05) is 18.2 Å².